The zero-order valence-corrected chi connectivity index (χ0v) is 12.8. The van der Waals surface area contributed by atoms with Crippen LogP contribution in [0.5, 0.6) is 5.75 Å². The van der Waals surface area contributed by atoms with Crippen molar-refractivity contribution in [3.63, 3.8) is 0 Å². The van der Waals surface area contributed by atoms with E-state index in [0.717, 1.165) is 23.3 Å². The van der Waals surface area contributed by atoms with Gasteiger partial charge in [0.15, 0.2) is 12.4 Å². The fourth-order valence-electron chi connectivity index (χ4n) is 2.25. The summed E-state index contributed by atoms with van der Waals surface area (Å²) in [5.74, 6) is 0.764. The summed E-state index contributed by atoms with van der Waals surface area (Å²) >= 11 is 0. The summed E-state index contributed by atoms with van der Waals surface area (Å²) in [7, 11) is 0. The quantitative estimate of drug-likeness (QED) is 0.694. The van der Waals surface area contributed by atoms with Gasteiger partial charge in [-0.3, -0.25) is 4.79 Å². The topological polar surface area (TPSA) is 26.3 Å². The molecule has 0 bridgehead atoms. The molecule has 2 aromatic carbocycles. The molecule has 2 heteroatoms. The van der Waals surface area contributed by atoms with Gasteiger partial charge >= 0.3 is 0 Å². The molecular formula is C19H22O2. The summed E-state index contributed by atoms with van der Waals surface area (Å²) in [6.07, 6.45) is 3.49. The Labute approximate surface area is 126 Å². The van der Waals surface area contributed by atoms with E-state index in [1.54, 1.807) is 0 Å². The lowest BCUT2D eigenvalue weighted by Gasteiger charge is -2.08. The van der Waals surface area contributed by atoms with Crippen LogP contribution >= 0.6 is 0 Å². The molecule has 110 valence electrons. The second-order valence-electron chi connectivity index (χ2n) is 5.27. The van der Waals surface area contributed by atoms with Gasteiger partial charge in [-0.15, -0.1) is 0 Å². The molecule has 0 amide bonds. The standard InChI is InChI=1S/C19H22O2/c1-3-4-8-16-10-12-17(13-11-16)21-14-19(20)18-9-6-5-7-15(18)2/h5-7,9-13H,3-4,8,14H2,1-2H3. The van der Waals surface area contributed by atoms with Gasteiger partial charge in [0.05, 0.1) is 0 Å². The van der Waals surface area contributed by atoms with Crippen LogP contribution in [0.15, 0.2) is 48.5 Å². The van der Waals surface area contributed by atoms with Crippen molar-refractivity contribution >= 4 is 5.78 Å². The predicted molar refractivity (Wildman–Crippen MR) is 86.1 cm³/mol. The van der Waals surface area contributed by atoms with Crippen molar-refractivity contribution in [1.29, 1.82) is 0 Å². The van der Waals surface area contributed by atoms with Crippen LogP contribution in [0.1, 0.15) is 41.3 Å². The lowest BCUT2D eigenvalue weighted by atomic mass is 10.1. The van der Waals surface area contributed by atoms with Crippen molar-refractivity contribution in [2.75, 3.05) is 6.61 Å². The van der Waals surface area contributed by atoms with Crippen LogP contribution < -0.4 is 4.74 Å². The van der Waals surface area contributed by atoms with Gasteiger partial charge in [0.1, 0.15) is 5.75 Å². The molecule has 0 unspecified atom stereocenters. The third-order valence-corrected chi connectivity index (χ3v) is 3.56. The fourth-order valence-corrected chi connectivity index (χ4v) is 2.25. The van der Waals surface area contributed by atoms with Gasteiger partial charge < -0.3 is 4.74 Å². The molecule has 0 fully saturated rings. The van der Waals surface area contributed by atoms with Crippen LogP contribution in [0.2, 0.25) is 0 Å². The molecule has 21 heavy (non-hydrogen) atoms. The average Bonchev–Trinajstić information content (AvgIpc) is 2.52. The largest absolute Gasteiger partial charge is 0.485 e. The van der Waals surface area contributed by atoms with Gasteiger partial charge in [-0.05, 0) is 43.0 Å². The van der Waals surface area contributed by atoms with Crippen molar-refractivity contribution in [3.8, 4) is 5.75 Å². The first-order valence-corrected chi connectivity index (χ1v) is 7.51. The lowest BCUT2D eigenvalue weighted by Crippen LogP contribution is -2.12. The Morgan fingerprint density at radius 1 is 1.05 bits per heavy atom. The molecule has 0 N–H and O–H groups in total. The molecule has 0 aliphatic heterocycles. The molecule has 2 rings (SSSR count). The number of ether oxygens (including phenoxy) is 1. The summed E-state index contributed by atoms with van der Waals surface area (Å²) in [6.45, 7) is 4.21. The normalized spacial score (nSPS) is 10.4. The molecule has 0 saturated heterocycles. The second-order valence-corrected chi connectivity index (χ2v) is 5.27. The maximum Gasteiger partial charge on any atom is 0.200 e. The Morgan fingerprint density at radius 2 is 1.76 bits per heavy atom. The van der Waals surface area contributed by atoms with Gasteiger partial charge in [-0.2, -0.15) is 0 Å². The SMILES string of the molecule is CCCCc1ccc(OCC(=O)c2ccccc2C)cc1. The minimum Gasteiger partial charge on any atom is -0.485 e. The Morgan fingerprint density at radius 3 is 2.43 bits per heavy atom. The molecule has 2 aromatic rings. The van der Waals surface area contributed by atoms with E-state index < -0.39 is 0 Å². The van der Waals surface area contributed by atoms with Crippen LogP contribution in [0.25, 0.3) is 0 Å². The molecule has 0 heterocycles. The van der Waals surface area contributed by atoms with E-state index in [9.17, 15) is 4.79 Å². The molecule has 0 radical (unpaired) electrons. The number of rotatable bonds is 7. The molecule has 0 aliphatic rings. The molecule has 0 atom stereocenters. The monoisotopic (exact) mass is 282 g/mol. The van der Waals surface area contributed by atoms with Crippen LogP contribution in [0, 0.1) is 6.92 Å². The third kappa shape index (κ3) is 4.45. The van der Waals surface area contributed by atoms with Gasteiger partial charge in [0.2, 0.25) is 0 Å². The first kappa shape index (κ1) is 15.3. The Balaban J connectivity index is 1.91. The number of unbranched alkanes of at least 4 members (excludes halogenated alkanes) is 1. The van der Waals surface area contributed by atoms with E-state index in [-0.39, 0.29) is 12.4 Å². The van der Waals surface area contributed by atoms with E-state index in [4.69, 9.17) is 4.74 Å². The average molecular weight is 282 g/mol. The zero-order valence-electron chi connectivity index (χ0n) is 12.8. The van der Waals surface area contributed by atoms with E-state index in [2.05, 4.69) is 19.1 Å². The highest BCUT2D eigenvalue weighted by Gasteiger charge is 2.09. The van der Waals surface area contributed by atoms with Gasteiger partial charge in [0.25, 0.3) is 0 Å². The van der Waals surface area contributed by atoms with E-state index in [1.165, 1.54) is 18.4 Å². The number of ketones is 1. The summed E-state index contributed by atoms with van der Waals surface area (Å²) in [4.78, 5) is 12.1. The maximum atomic E-state index is 12.1. The van der Waals surface area contributed by atoms with Crippen molar-refractivity contribution in [1.82, 2.24) is 0 Å². The maximum absolute atomic E-state index is 12.1. The minimum absolute atomic E-state index is 0.0168. The van der Waals surface area contributed by atoms with Crippen molar-refractivity contribution in [2.24, 2.45) is 0 Å². The number of benzene rings is 2. The number of hydrogen-bond acceptors (Lipinski definition) is 2. The molecule has 2 nitrogen and oxygen atoms in total. The van der Waals surface area contributed by atoms with Crippen LogP contribution in [-0.2, 0) is 6.42 Å². The zero-order chi connectivity index (χ0) is 15.1. The Kier molecular flexibility index (Phi) is 5.56. The predicted octanol–water partition coefficient (Wildman–Crippen LogP) is 4.60. The van der Waals surface area contributed by atoms with Crippen molar-refractivity contribution in [3.05, 3.63) is 65.2 Å². The number of carbonyl (C=O) groups is 1. The summed E-state index contributed by atoms with van der Waals surface area (Å²) in [5.41, 5.74) is 3.03. The lowest BCUT2D eigenvalue weighted by molar-refractivity contribution is 0.0921. The van der Waals surface area contributed by atoms with Crippen LogP contribution in [0.4, 0.5) is 0 Å². The summed E-state index contributed by atoms with van der Waals surface area (Å²) in [6, 6.07) is 15.6. The van der Waals surface area contributed by atoms with E-state index in [0.29, 0.717) is 0 Å². The fraction of sp³-hybridized carbons (Fsp3) is 0.316. The van der Waals surface area contributed by atoms with Crippen LogP contribution in [-0.4, -0.2) is 12.4 Å². The highest BCUT2D eigenvalue weighted by atomic mass is 16.5. The highest BCUT2D eigenvalue weighted by Crippen LogP contribution is 2.15. The smallest absolute Gasteiger partial charge is 0.200 e. The molecule has 0 spiro atoms. The third-order valence-electron chi connectivity index (χ3n) is 3.56. The molecule has 0 aliphatic carbocycles. The molecular weight excluding hydrogens is 260 g/mol. The van der Waals surface area contributed by atoms with E-state index in [1.807, 2.05) is 43.3 Å². The minimum atomic E-state index is 0.0168. The summed E-state index contributed by atoms with van der Waals surface area (Å²) in [5, 5.41) is 0. The Hall–Kier alpha value is -2.09. The number of carbonyl (C=O) groups excluding carboxylic acids is 1. The first-order chi connectivity index (χ1) is 10.2. The number of hydrogen-bond donors (Lipinski definition) is 0. The van der Waals surface area contributed by atoms with Gasteiger partial charge in [-0.25, -0.2) is 0 Å². The number of Topliss-reactive ketones (excluding diaryl/α,β-unsaturated/α-hetero) is 1. The van der Waals surface area contributed by atoms with Crippen molar-refractivity contribution < 1.29 is 9.53 Å². The molecule has 0 aromatic heterocycles. The number of aryl methyl sites for hydroxylation is 2. The second kappa shape index (κ2) is 7.63. The molecule has 0 saturated carbocycles. The van der Waals surface area contributed by atoms with Gasteiger partial charge in [0, 0.05) is 5.56 Å². The highest BCUT2D eigenvalue weighted by molar-refractivity contribution is 5.98. The van der Waals surface area contributed by atoms with Gasteiger partial charge in [-0.1, -0.05) is 49.7 Å². The van der Waals surface area contributed by atoms with Crippen LogP contribution in [0.3, 0.4) is 0 Å². The van der Waals surface area contributed by atoms with E-state index >= 15 is 0 Å². The van der Waals surface area contributed by atoms with Crippen molar-refractivity contribution in [2.45, 2.75) is 33.1 Å². The Bertz CT molecular complexity index is 585. The first-order valence-electron chi connectivity index (χ1n) is 7.51. The summed E-state index contributed by atoms with van der Waals surface area (Å²) < 4.78 is 5.59.